The second-order valence-corrected chi connectivity index (χ2v) is 6.26. The minimum atomic E-state index is -0.544. The maximum atomic E-state index is 12.5. The number of carbonyl (C=O) groups excluding carboxylic acids is 2. The van der Waals surface area contributed by atoms with Gasteiger partial charge in [0.05, 0.1) is 5.69 Å². The molecule has 0 aliphatic carbocycles. The van der Waals surface area contributed by atoms with E-state index in [1.807, 2.05) is 20.8 Å². The molecule has 2 aromatic rings. The fourth-order valence-corrected chi connectivity index (χ4v) is 2.19. The summed E-state index contributed by atoms with van der Waals surface area (Å²) in [6, 6.07) is 5.26. The van der Waals surface area contributed by atoms with Crippen LogP contribution in [0.2, 0.25) is 5.02 Å². The van der Waals surface area contributed by atoms with Crippen LogP contribution in [-0.4, -0.2) is 16.7 Å². The van der Waals surface area contributed by atoms with Crippen molar-refractivity contribution < 1.29 is 9.59 Å². The first kappa shape index (κ1) is 14.6. The summed E-state index contributed by atoms with van der Waals surface area (Å²) in [6.45, 7) is 6.93. The average molecular weight is 293 g/mol. The Balaban J connectivity index is 2.69. The smallest absolute Gasteiger partial charge is 0.221 e. The quantitative estimate of drug-likeness (QED) is 0.822. The van der Waals surface area contributed by atoms with Gasteiger partial charge in [-0.05, 0) is 18.2 Å². The lowest BCUT2D eigenvalue weighted by Gasteiger charge is -2.16. The van der Waals surface area contributed by atoms with Crippen LogP contribution in [0, 0.1) is 5.41 Å². The Hall–Kier alpha value is -1.81. The van der Waals surface area contributed by atoms with Gasteiger partial charge in [-0.25, -0.2) is 0 Å². The van der Waals surface area contributed by atoms with Gasteiger partial charge in [0, 0.05) is 28.3 Å². The molecule has 0 bridgehead atoms. The monoisotopic (exact) mass is 292 g/mol. The van der Waals surface area contributed by atoms with Crippen LogP contribution in [0.25, 0.3) is 10.9 Å². The average Bonchev–Trinajstić information content (AvgIpc) is 2.64. The minimum absolute atomic E-state index is 0.0615. The molecular weight excluding hydrogens is 276 g/mol. The third-order valence-electron chi connectivity index (χ3n) is 2.97. The van der Waals surface area contributed by atoms with Crippen molar-refractivity contribution >= 4 is 39.9 Å². The molecule has 1 amide bonds. The van der Waals surface area contributed by atoms with Crippen molar-refractivity contribution in [1.29, 1.82) is 0 Å². The lowest BCUT2D eigenvalue weighted by molar-refractivity contribution is -0.114. The highest BCUT2D eigenvalue weighted by molar-refractivity contribution is 6.31. The molecule has 0 aliphatic rings. The lowest BCUT2D eigenvalue weighted by atomic mass is 9.88. The van der Waals surface area contributed by atoms with E-state index in [0.717, 1.165) is 10.9 Å². The van der Waals surface area contributed by atoms with Gasteiger partial charge in [0.1, 0.15) is 5.69 Å². The fraction of sp³-hybridized carbons (Fsp3) is 0.333. The summed E-state index contributed by atoms with van der Waals surface area (Å²) >= 11 is 5.96. The Kier molecular flexibility index (Phi) is 3.61. The summed E-state index contributed by atoms with van der Waals surface area (Å²) in [5.41, 5.74) is 1.11. The number of hydrogen-bond acceptors (Lipinski definition) is 2. The molecule has 1 aromatic carbocycles. The van der Waals surface area contributed by atoms with Crippen molar-refractivity contribution in [3.05, 3.63) is 28.9 Å². The molecule has 0 aliphatic heterocycles. The minimum Gasteiger partial charge on any atom is -0.350 e. The molecule has 20 heavy (non-hydrogen) atoms. The Morgan fingerprint density at radius 1 is 1.25 bits per heavy atom. The van der Waals surface area contributed by atoms with Crippen LogP contribution in [-0.2, 0) is 4.79 Å². The Morgan fingerprint density at radius 2 is 1.90 bits per heavy atom. The van der Waals surface area contributed by atoms with Crippen molar-refractivity contribution in [2.45, 2.75) is 27.7 Å². The van der Waals surface area contributed by atoms with E-state index >= 15 is 0 Å². The van der Waals surface area contributed by atoms with Gasteiger partial charge in [0.15, 0.2) is 5.78 Å². The third-order valence-corrected chi connectivity index (χ3v) is 3.20. The number of rotatable bonds is 2. The molecule has 0 unspecified atom stereocenters. The number of ketones is 1. The standard InChI is InChI=1S/C15H17ClN2O2/c1-8(19)17-12-10-6-5-9(16)7-11(10)18-13(12)14(20)15(2,3)4/h5-7,18H,1-4H3,(H,17,19). The molecule has 0 saturated carbocycles. The molecule has 0 atom stereocenters. The summed E-state index contributed by atoms with van der Waals surface area (Å²) in [7, 11) is 0. The number of H-pyrrole nitrogens is 1. The summed E-state index contributed by atoms with van der Waals surface area (Å²) in [4.78, 5) is 27.0. The number of aromatic nitrogens is 1. The van der Waals surface area contributed by atoms with Gasteiger partial charge in [-0.1, -0.05) is 32.4 Å². The highest BCUT2D eigenvalue weighted by Gasteiger charge is 2.28. The van der Waals surface area contributed by atoms with Crippen molar-refractivity contribution in [2.75, 3.05) is 5.32 Å². The number of carbonyl (C=O) groups is 2. The highest BCUT2D eigenvalue weighted by atomic mass is 35.5. The largest absolute Gasteiger partial charge is 0.350 e. The molecule has 2 rings (SSSR count). The second-order valence-electron chi connectivity index (χ2n) is 5.83. The zero-order chi connectivity index (χ0) is 15.1. The topological polar surface area (TPSA) is 62.0 Å². The first-order valence-electron chi connectivity index (χ1n) is 6.34. The van der Waals surface area contributed by atoms with E-state index in [0.29, 0.717) is 16.4 Å². The van der Waals surface area contributed by atoms with E-state index in [9.17, 15) is 9.59 Å². The predicted octanol–water partition coefficient (Wildman–Crippen LogP) is 4.01. The Labute approximate surface area is 122 Å². The van der Waals surface area contributed by atoms with Gasteiger partial charge >= 0.3 is 0 Å². The van der Waals surface area contributed by atoms with Gasteiger partial charge in [0.25, 0.3) is 0 Å². The third kappa shape index (κ3) is 2.70. The van der Waals surface area contributed by atoms with Crippen LogP contribution in [0.3, 0.4) is 0 Å². The Morgan fingerprint density at radius 3 is 2.45 bits per heavy atom. The Bertz CT molecular complexity index is 696. The van der Waals surface area contributed by atoms with Crippen molar-refractivity contribution in [3.8, 4) is 0 Å². The summed E-state index contributed by atoms with van der Waals surface area (Å²) < 4.78 is 0. The molecule has 2 N–H and O–H groups in total. The number of hydrogen-bond donors (Lipinski definition) is 2. The van der Waals surface area contributed by atoms with Gasteiger partial charge in [-0.2, -0.15) is 0 Å². The SMILES string of the molecule is CC(=O)Nc1c(C(=O)C(C)(C)C)[nH]c2cc(Cl)ccc12. The van der Waals surface area contributed by atoms with Crippen LogP contribution in [0.1, 0.15) is 38.2 Å². The molecule has 1 heterocycles. The summed E-state index contributed by atoms with van der Waals surface area (Å²) in [5, 5.41) is 4.08. The summed E-state index contributed by atoms with van der Waals surface area (Å²) in [5.74, 6) is -0.280. The maximum Gasteiger partial charge on any atom is 0.221 e. The van der Waals surface area contributed by atoms with Gasteiger partial charge in [0.2, 0.25) is 5.91 Å². The van der Waals surface area contributed by atoms with Gasteiger partial charge < -0.3 is 10.3 Å². The molecule has 0 saturated heterocycles. The van der Waals surface area contributed by atoms with Crippen LogP contribution < -0.4 is 5.32 Å². The molecule has 4 nitrogen and oxygen atoms in total. The van der Waals surface area contributed by atoms with Crippen LogP contribution in [0.4, 0.5) is 5.69 Å². The van der Waals surface area contributed by atoms with E-state index in [1.165, 1.54) is 6.92 Å². The van der Waals surface area contributed by atoms with Crippen molar-refractivity contribution in [1.82, 2.24) is 4.98 Å². The first-order chi connectivity index (χ1) is 9.20. The molecule has 0 radical (unpaired) electrons. The number of anilines is 1. The molecule has 5 heteroatoms. The van der Waals surface area contributed by atoms with E-state index in [2.05, 4.69) is 10.3 Å². The van der Waals surface area contributed by atoms with E-state index in [-0.39, 0.29) is 11.7 Å². The van der Waals surface area contributed by atoms with Crippen LogP contribution in [0.5, 0.6) is 0 Å². The lowest BCUT2D eigenvalue weighted by Crippen LogP contribution is -2.22. The molecular formula is C15H17ClN2O2. The fourth-order valence-electron chi connectivity index (χ4n) is 2.02. The number of fused-ring (bicyclic) bond motifs is 1. The van der Waals surface area contributed by atoms with E-state index in [1.54, 1.807) is 18.2 Å². The molecule has 1 aromatic heterocycles. The zero-order valence-electron chi connectivity index (χ0n) is 11.9. The summed E-state index contributed by atoms with van der Waals surface area (Å²) in [6.07, 6.45) is 0. The van der Waals surface area contributed by atoms with Crippen LogP contribution >= 0.6 is 11.6 Å². The molecule has 106 valence electrons. The number of halogens is 1. The number of aromatic amines is 1. The van der Waals surface area contributed by atoms with Gasteiger partial charge in [-0.3, -0.25) is 9.59 Å². The number of Topliss-reactive ketones (excluding diaryl/α,β-unsaturated/α-hetero) is 1. The molecule has 0 fully saturated rings. The normalized spacial score (nSPS) is 11.7. The zero-order valence-corrected chi connectivity index (χ0v) is 12.7. The highest BCUT2D eigenvalue weighted by Crippen LogP contribution is 2.33. The first-order valence-corrected chi connectivity index (χ1v) is 6.71. The number of amides is 1. The van der Waals surface area contributed by atoms with E-state index in [4.69, 9.17) is 11.6 Å². The van der Waals surface area contributed by atoms with Crippen molar-refractivity contribution in [2.24, 2.45) is 5.41 Å². The van der Waals surface area contributed by atoms with Crippen LogP contribution in [0.15, 0.2) is 18.2 Å². The number of benzene rings is 1. The van der Waals surface area contributed by atoms with Crippen molar-refractivity contribution in [3.63, 3.8) is 0 Å². The second kappa shape index (κ2) is 4.94. The molecule has 0 spiro atoms. The number of nitrogens with one attached hydrogen (secondary N) is 2. The predicted molar refractivity (Wildman–Crippen MR) is 81.4 cm³/mol. The van der Waals surface area contributed by atoms with E-state index < -0.39 is 5.41 Å². The van der Waals surface area contributed by atoms with Gasteiger partial charge in [-0.15, -0.1) is 0 Å². The maximum absolute atomic E-state index is 12.5.